The Labute approximate surface area is 110 Å². The molecule has 2 N–H and O–H groups in total. The molecule has 0 bridgehead atoms. The molecular formula is C15H13NOS. The summed E-state index contributed by atoms with van der Waals surface area (Å²) in [6.07, 6.45) is 0. The van der Waals surface area contributed by atoms with E-state index < -0.39 is 0 Å². The second-order valence-electron chi connectivity index (χ2n) is 4.16. The number of hydrogen-bond donors (Lipinski definition) is 2. The molecule has 3 rings (SSSR count). The minimum absolute atomic E-state index is 0.335. The van der Waals surface area contributed by atoms with Gasteiger partial charge in [0.2, 0.25) is 0 Å². The normalized spacial score (nSPS) is 10.7. The monoisotopic (exact) mass is 255 g/mol. The summed E-state index contributed by atoms with van der Waals surface area (Å²) in [7, 11) is 0. The molecule has 0 saturated carbocycles. The highest BCUT2D eigenvalue weighted by Crippen LogP contribution is 2.25. The Morgan fingerprint density at radius 3 is 2.83 bits per heavy atom. The van der Waals surface area contributed by atoms with Crippen molar-refractivity contribution < 1.29 is 5.11 Å². The van der Waals surface area contributed by atoms with Crippen LogP contribution in [0.4, 0.5) is 5.69 Å². The smallest absolute Gasteiger partial charge is 0.120 e. The molecular weight excluding hydrogens is 242 g/mol. The zero-order valence-corrected chi connectivity index (χ0v) is 10.6. The Kier molecular flexibility index (Phi) is 2.90. The van der Waals surface area contributed by atoms with Gasteiger partial charge in [0.25, 0.3) is 0 Å². The average Bonchev–Trinajstić information content (AvgIpc) is 2.85. The maximum atomic E-state index is 9.69. The molecule has 1 aromatic heterocycles. The Morgan fingerprint density at radius 2 is 1.94 bits per heavy atom. The molecule has 0 amide bonds. The Bertz CT molecular complexity index is 675. The minimum atomic E-state index is 0.335. The molecule has 0 atom stereocenters. The summed E-state index contributed by atoms with van der Waals surface area (Å²) in [6.45, 7) is 0.627. The third-order valence-corrected chi connectivity index (χ3v) is 3.82. The quantitative estimate of drug-likeness (QED) is 0.734. The fraction of sp³-hybridized carbons (Fsp3) is 0.0667. The summed E-state index contributed by atoms with van der Waals surface area (Å²) < 4.78 is 1.29. The van der Waals surface area contributed by atoms with E-state index >= 15 is 0 Å². The van der Waals surface area contributed by atoms with Gasteiger partial charge in [-0.3, -0.25) is 0 Å². The van der Waals surface area contributed by atoms with Gasteiger partial charge < -0.3 is 10.4 Å². The molecule has 0 aliphatic heterocycles. The van der Waals surface area contributed by atoms with Crippen LogP contribution in [0.5, 0.6) is 5.75 Å². The van der Waals surface area contributed by atoms with Gasteiger partial charge in [-0.2, -0.15) is 0 Å². The fourth-order valence-electron chi connectivity index (χ4n) is 1.93. The topological polar surface area (TPSA) is 32.3 Å². The molecule has 18 heavy (non-hydrogen) atoms. The van der Waals surface area contributed by atoms with Crippen LogP contribution < -0.4 is 5.32 Å². The van der Waals surface area contributed by atoms with Crippen LogP contribution in [0.1, 0.15) is 5.56 Å². The lowest BCUT2D eigenvalue weighted by Gasteiger charge is -2.08. The summed E-state index contributed by atoms with van der Waals surface area (Å²) >= 11 is 1.75. The van der Waals surface area contributed by atoms with Crippen molar-refractivity contribution in [1.29, 1.82) is 0 Å². The lowest BCUT2D eigenvalue weighted by molar-refractivity contribution is 0.469. The van der Waals surface area contributed by atoms with Crippen LogP contribution in [0.15, 0.2) is 53.9 Å². The summed E-state index contributed by atoms with van der Waals surface area (Å²) in [6, 6.07) is 15.8. The van der Waals surface area contributed by atoms with Crippen molar-refractivity contribution in [3.63, 3.8) is 0 Å². The van der Waals surface area contributed by atoms with Gasteiger partial charge >= 0.3 is 0 Å². The molecule has 0 fully saturated rings. The van der Waals surface area contributed by atoms with E-state index in [2.05, 4.69) is 35.0 Å². The molecule has 1 heterocycles. The Hall–Kier alpha value is -2.00. The van der Waals surface area contributed by atoms with Gasteiger partial charge in [0, 0.05) is 22.5 Å². The number of benzene rings is 2. The number of thiophene rings is 1. The highest BCUT2D eigenvalue weighted by molar-refractivity contribution is 7.17. The number of nitrogens with one attached hydrogen (secondary N) is 1. The number of aromatic hydroxyl groups is 1. The van der Waals surface area contributed by atoms with Crippen LogP contribution in [0.2, 0.25) is 0 Å². The summed E-state index contributed by atoms with van der Waals surface area (Å²) in [4.78, 5) is 0. The number of anilines is 1. The van der Waals surface area contributed by atoms with E-state index in [4.69, 9.17) is 0 Å². The van der Waals surface area contributed by atoms with Gasteiger partial charge in [-0.05, 0) is 41.1 Å². The number of phenols is 1. The predicted octanol–water partition coefficient (Wildman–Crippen LogP) is 4.22. The van der Waals surface area contributed by atoms with E-state index in [0.29, 0.717) is 12.3 Å². The van der Waals surface area contributed by atoms with Gasteiger partial charge in [-0.25, -0.2) is 0 Å². The number of hydrogen-bond acceptors (Lipinski definition) is 3. The molecule has 0 spiro atoms. The van der Waals surface area contributed by atoms with Crippen molar-refractivity contribution in [2.75, 3.05) is 5.32 Å². The fourth-order valence-corrected chi connectivity index (χ4v) is 2.71. The summed E-state index contributed by atoms with van der Waals surface area (Å²) in [5.41, 5.74) is 1.98. The second kappa shape index (κ2) is 4.70. The zero-order chi connectivity index (χ0) is 12.4. The van der Waals surface area contributed by atoms with Crippen LogP contribution in [-0.2, 0) is 6.54 Å². The Morgan fingerprint density at radius 1 is 1.06 bits per heavy atom. The molecule has 0 unspecified atom stereocenters. The van der Waals surface area contributed by atoms with Crippen LogP contribution in [0.25, 0.3) is 10.1 Å². The van der Waals surface area contributed by atoms with Gasteiger partial charge in [-0.1, -0.05) is 18.2 Å². The summed E-state index contributed by atoms with van der Waals surface area (Å²) in [5, 5.41) is 16.4. The minimum Gasteiger partial charge on any atom is -0.508 e. The van der Waals surface area contributed by atoms with Crippen molar-refractivity contribution in [1.82, 2.24) is 0 Å². The van der Waals surface area contributed by atoms with Gasteiger partial charge in [0.15, 0.2) is 0 Å². The third-order valence-electron chi connectivity index (χ3n) is 2.93. The van der Waals surface area contributed by atoms with Crippen molar-refractivity contribution in [3.8, 4) is 5.75 Å². The predicted molar refractivity (Wildman–Crippen MR) is 77.3 cm³/mol. The highest BCUT2D eigenvalue weighted by Gasteiger charge is 2.00. The van der Waals surface area contributed by atoms with E-state index in [-0.39, 0.29) is 0 Å². The first-order valence-electron chi connectivity index (χ1n) is 5.81. The molecule has 3 heteroatoms. The van der Waals surface area contributed by atoms with Crippen LogP contribution in [0, 0.1) is 0 Å². The van der Waals surface area contributed by atoms with E-state index in [0.717, 1.165) is 11.3 Å². The molecule has 0 radical (unpaired) electrons. The first-order chi connectivity index (χ1) is 8.83. The molecule has 0 saturated heterocycles. The van der Waals surface area contributed by atoms with E-state index in [9.17, 15) is 5.11 Å². The van der Waals surface area contributed by atoms with Crippen molar-refractivity contribution in [3.05, 3.63) is 59.5 Å². The molecule has 3 aromatic rings. The van der Waals surface area contributed by atoms with E-state index in [1.807, 2.05) is 18.2 Å². The first-order valence-corrected chi connectivity index (χ1v) is 6.69. The number of rotatable bonds is 3. The van der Waals surface area contributed by atoms with E-state index in [1.165, 1.54) is 10.1 Å². The molecule has 2 aromatic carbocycles. The largest absolute Gasteiger partial charge is 0.508 e. The highest BCUT2D eigenvalue weighted by atomic mass is 32.1. The first kappa shape index (κ1) is 11.1. The number of phenolic OH excluding ortho intramolecular Hbond substituents is 1. The van der Waals surface area contributed by atoms with Gasteiger partial charge in [0.05, 0.1) is 0 Å². The maximum Gasteiger partial charge on any atom is 0.120 e. The summed E-state index contributed by atoms with van der Waals surface area (Å²) in [5.74, 6) is 0.335. The van der Waals surface area contributed by atoms with Gasteiger partial charge in [0.1, 0.15) is 5.75 Å². The van der Waals surface area contributed by atoms with Crippen LogP contribution >= 0.6 is 11.3 Å². The van der Waals surface area contributed by atoms with Crippen LogP contribution in [0.3, 0.4) is 0 Å². The lowest BCUT2D eigenvalue weighted by atomic mass is 10.2. The van der Waals surface area contributed by atoms with Crippen molar-refractivity contribution in [2.45, 2.75) is 6.54 Å². The molecule has 90 valence electrons. The van der Waals surface area contributed by atoms with Crippen molar-refractivity contribution in [2.24, 2.45) is 0 Å². The molecule has 2 nitrogen and oxygen atoms in total. The second-order valence-corrected chi connectivity index (χ2v) is 5.10. The lowest BCUT2D eigenvalue weighted by Crippen LogP contribution is -1.99. The average molecular weight is 255 g/mol. The van der Waals surface area contributed by atoms with E-state index in [1.54, 1.807) is 17.4 Å². The zero-order valence-electron chi connectivity index (χ0n) is 9.76. The third kappa shape index (κ3) is 2.17. The SMILES string of the molecule is Oc1ccccc1CNc1ccc2sccc2c1. The number of para-hydroxylation sites is 1. The van der Waals surface area contributed by atoms with Gasteiger partial charge in [-0.15, -0.1) is 11.3 Å². The standard InChI is InChI=1S/C15H13NOS/c17-14-4-2-1-3-12(14)10-16-13-5-6-15-11(9-13)7-8-18-15/h1-9,16-17H,10H2. The van der Waals surface area contributed by atoms with Crippen LogP contribution in [-0.4, -0.2) is 5.11 Å². The van der Waals surface area contributed by atoms with Crippen molar-refractivity contribution >= 4 is 27.1 Å². The Balaban J connectivity index is 1.78. The number of fused-ring (bicyclic) bond motifs is 1. The maximum absolute atomic E-state index is 9.69. The molecule has 0 aliphatic rings. The molecule has 0 aliphatic carbocycles.